The maximum Gasteiger partial charge on any atom is 0.143 e. The summed E-state index contributed by atoms with van der Waals surface area (Å²) in [5, 5.41) is 9.13. The number of nitrogen functional groups attached to an aromatic ring is 1. The molecule has 1 aromatic heterocycles. The summed E-state index contributed by atoms with van der Waals surface area (Å²) in [7, 11) is 0. The number of nitrogens with two attached hydrogens (primary N) is 1. The molecule has 0 bridgehead atoms. The van der Waals surface area contributed by atoms with Gasteiger partial charge in [0.2, 0.25) is 0 Å². The minimum atomic E-state index is -0.374. The van der Waals surface area contributed by atoms with Crippen LogP contribution >= 0.6 is 0 Å². The number of aliphatic hydroxyl groups excluding tert-OH is 1. The van der Waals surface area contributed by atoms with Gasteiger partial charge in [-0.15, -0.1) is 0 Å². The quantitative estimate of drug-likeness (QED) is 0.447. The number of nitrogens with zero attached hydrogens (tertiary/aromatic N) is 1. The van der Waals surface area contributed by atoms with E-state index in [1.165, 1.54) is 0 Å². The van der Waals surface area contributed by atoms with E-state index in [1.54, 1.807) is 13.1 Å². The molecule has 1 atom stereocenters. The second-order valence-corrected chi connectivity index (χ2v) is 2.71. The van der Waals surface area contributed by atoms with Crippen LogP contribution in [-0.2, 0) is 6.42 Å². The lowest BCUT2D eigenvalue weighted by Crippen LogP contribution is -2.13. The average Bonchev–Trinajstić information content (AvgIpc) is 2.04. The summed E-state index contributed by atoms with van der Waals surface area (Å²) in [6, 6.07) is 3.70. The first kappa shape index (κ1) is 8.96. The van der Waals surface area contributed by atoms with Gasteiger partial charge in [0.15, 0.2) is 0 Å². The number of anilines is 1. The summed E-state index contributed by atoms with van der Waals surface area (Å²) >= 11 is 0. The predicted octanol–water partition coefficient (Wildman–Crippen LogP) is 0.290. The van der Waals surface area contributed by atoms with Crippen LogP contribution in [0.2, 0.25) is 0 Å². The maximum absolute atomic E-state index is 9.13. The third-order valence-electron chi connectivity index (χ3n) is 1.54. The van der Waals surface area contributed by atoms with E-state index in [9.17, 15) is 0 Å². The molecule has 66 valence electrons. The van der Waals surface area contributed by atoms with Crippen LogP contribution in [0.15, 0.2) is 18.3 Å². The first-order chi connectivity index (χ1) is 5.74. The molecule has 0 aliphatic rings. The number of hydrazine groups is 1. The normalized spacial score (nSPS) is 12.6. The molecule has 1 unspecified atom stereocenters. The Hall–Kier alpha value is -1.13. The molecule has 0 saturated carbocycles. The Morgan fingerprint density at radius 3 is 3.08 bits per heavy atom. The lowest BCUT2D eigenvalue weighted by molar-refractivity contribution is 0.195. The van der Waals surface area contributed by atoms with Crippen molar-refractivity contribution in [3.8, 4) is 0 Å². The molecule has 1 rings (SSSR count). The Kier molecular flexibility index (Phi) is 3.01. The monoisotopic (exact) mass is 167 g/mol. The molecule has 0 amide bonds. The van der Waals surface area contributed by atoms with Gasteiger partial charge in [0.25, 0.3) is 0 Å². The first-order valence-electron chi connectivity index (χ1n) is 3.82. The van der Waals surface area contributed by atoms with Crippen molar-refractivity contribution in [1.82, 2.24) is 4.98 Å². The van der Waals surface area contributed by atoms with E-state index in [4.69, 9.17) is 10.9 Å². The summed E-state index contributed by atoms with van der Waals surface area (Å²) < 4.78 is 0. The van der Waals surface area contributed by atoms with Gasteiger partial charge in [-0.1, -0.05) is 6.07 Å². The molecule has 0 fully saturated rings. The highest BCUT2D eigenvalue weighted by Gasteiger charge is 2.03. The summed E-state index contributed by atoms with van der Waals surface area (Å²) in [5.74, 6) is 5.86. The summed E-state index contributed by atoms with van der Waals surface area (Å²) in [5.41, 5.74) is 3.40. The van der Waals surface area contributed by atoms with E-state index >= 15 is 0 Å². The van der Waals surface area contributed by atoms with E-state index in [-0.39, 0.29) is 6.10 Å². The average molecular weight is 167 g/mol. The topological polar surface area (TPSA) is 71.2 Å². The van der Waals surface area contributed by atoms with Crippen molar-refractivity contribution in [2.75, 3.05) is 5.43 Å². The minimum Gasteiger partial charge on any atom is -0.393 e. The zero-order valence-electron chi connectivity index (χ0n) is 6.99. The number of hydrogen-bond acceptors (Lipinski definition) is 4. The fraction of sp³-hybridized carbons (Fsp3) is 0.375. The van der Waals surface area contributed by atoms with E-state index in [0.29, 0.717) is 12.2 Å². The Morgan fingerprint density at radius 2 is 2.50 bits per heavy atom. The third kappa shape index (κ3) is 2.18. The molecule has 4 nitrogen and oxygen atoms in total. The fourth-order valence-corrected chi connectivity index (χ4v) is 1.05. The van der Waals surface area contributed by atoms with Gasteiger partial charge in [0.05, 0.1) is 6.10 Å². The zero-order valence-corrected chi connectivity index (χ0v) is 6.99. The van der Waals surface area contributed by atoms with Crippen molar-refractivity contribution in [3.63, 3.8) is 0 Å². The summed E-state index contributed by atoms with van der Waals surface area (Å²) in [6.07, 6.45) is 1.84. The van der Waals surface area contributed by atoms with Gasteiger partial charge in [-0.2, -0.15) is 0 Å². The van der Waals surface area contributed by atoms with Crippen LogP contribution in [0.4, 0.5) is 5.82 Å². The van der Waals surface area contributed by atoms with Gasteiger partial charge in [0.1, 0.15) is 5.82 Å². The minimum absolute atomic E-state index is 0.374. The van der Waals surface area contributed by atoms with Crippen LogP contribution in [0.25, 0.3) is 0 Å². The highest BCUT2D eigenvalue weighted by atomic mass is 16.3. The van der Waals surface area contributed by atoms with E-state index < -0.39 is 0 Å². The van der Waals surface area contributed by atoms with E-state index in [2.05, 4.69) is 10.4 Å². The molecular formula is C8H13N3O. The van der Waals surface area contributed by atoms with Gasteiger partial charge in [-0.25, -0.2) is 10.8 Å². The molecular weight excluding hydrogens is 154 g/mol. The largest absolute Gasteiger partial charge is 0.393 e. The Morgan fingerprint density at radius 1 is 1.75 bits per heavy atom. The molecule has 0 aromatic carbocycles. The smallest absolute Gasteiger partial charge is 0.143 e. The van der Waals surface area contributed by atoms with Crippen LogP contribution < -0.4 is 11.3 Å². The Bertz CT molecular complexity index is 250. The summed E-state index contributed by atoms with van der Waals surface area (Å²) in [4.78, 5) is 4.00. The molecule has 0 spiro atoms. The van der Waals surface area contributed by atoms with Gasteiger partial charge < -0.3 is 10.5 Å². The molecule has 0 aliphatic carbocycles. The van der Waals surface area contributed by atoms with Crippen LogP contribution in [0.5, 0.6) is 0 Å². The highest BCUT2D eigenvalue weighted by Crippen LogP contribution is 2.11. The van der Waals surface area contributed by atoms with E-state index in [1.807, 2.05) is 12.1 Å². The summed E-state index contributed by atoms with van der Waals surface area (Å²) in [6.45, 7) is 1.73. The molecule has 12 heavy (non-hydrogen) atoms. The van der Waals surface area contributed by atoms with Crippen molar-refractivity contribution in [2.24, 2.45) is 5.84 Å². The number of hydrogen-bond donors (Lipinski definition) is 3. The molecule has 1 aromatic rings. The molecule has 4 N–H and O–H groups in total. The highest BCUT2D eigenvalue weighted by molar-refractivity contribution is 5.42. The number of aromatic nitrogens is 1. The second-order valence-electron chi connectivity index (χ2n) is 2.71. The van der Waals surface area contributed by atoms with Crippen molar-refractivity contribution >= 4 is 5.82 Å². The molecule has 1 heterocycles. The maximum atomic E-state index is 9.13. The standard InChI is InChI=1S/C8H13N3O/c1-6(12)5-7-3-2-4-10-8(7)11-9/h2-4,6,12H,5,9H2,1H3,(H,10,11). The van der Waals surface area contributed by atoms with Crippen LogP contribution in [-0.4, -0.2) is 16.2 Å². The Balaban J connectivity index is 2.82. The van der Waals surface area contributed by atoms with Gasteiger partial charge in [-0.05, 0) is 18.6 Å². The number of pyridine rings is 1. The molecule has 0 saturated heterocycles. The van der Waals surface area contributed by atoms with Crippen LogP contribution in [0, 0.1) is 0 Å². The predicted molar refractivity (Wildman–Crippen MR) is 47.4 cm³/mol. The fourth-order valence-electron chi connectivity index (χ4n) is 1.05. The number of rotatable bonds is 3. The van der Waals surface area contributed by atoms with Gasteiger partial charge >= 0.3 is 0 Å². The van der Waals surface area contributed by atoms with Gasteiger partial charge in [-0.3, -0.25) is 0 Å². The molecule has 0 radical (unpaired) electrons. The van der Waals surface area contributed by atoms with Crippen LogP contribution in [0.3, 0.4) is 0 Å². The van der Waals surface area contributed by atoms with Gasteiger partial charge in [0, 0.05) is 12.6 Å². The second kappa shape index (κ2) is 4.04. The lowest BCUT2D eigenvalue weighted by atomic mass is 10.1. The zero-order chi connectivity index (χ0) is 8.97. The SMILES string of the molecule is CC(O)Cc1cccnc1NN. The van der Waals surface area contributed by atoms with Crippen molar-refractivity contribution in [3.05, 3.63) is 23.9 Å². The third-order valence-corrected chi connectivity index (χ3v) is 1.54. The van der Waals surface area contributed by atoms with Crippen molar-refractivity contribution in [1.29, 1.82) is 0 Å². The molecule has 4 heteroatoms. The lowest BCUT2D eigenvalue weighted by Gasteiger charge is -2.08. The first-order valence-corrected chi connectivity index (χ1v) is 3.82. The number of aliphatic hydroxyl groups is 1. The van der Waals surface area contributed by atoms with E-state index in [0.717, 1.165) is 5.56 Å². The van der Waals surface area contributed by atoms with Crippen LogP contribution in [0.1, 0.15) is 12.5 Å². The number of nitrogens with one attached hydrogen (secondary N) is 1. The Labute approximate surface area is 71.4 Å². The van der Waals surface area contributed by atoms with Crippen molar-refractivity contribution in [2.45, 2.75) is 19.4 Å². The van der Waals surface area contributed by atoms with Crippen molar-refractivity contribution < 1.29 is 5.11 Å². The molecule has 0 aliphatic heterocycles.